The lowest BCUT2D eigenvalue weighted by Gasteiger charge is -2.01. The highest BCUT2D eigenvalue weighted by Crippen LogP contribution is 2.00. The molecule has 1 unspecified atom stereocenters. The summed E-state index contributed by atoms with van der Waals surface area (Å²) in [6, 6.07) is 1.40. The Labute approximate surface area is 110 Å². The number of halogens is 1. The number of pyridine rings is 1. The van der Waals surface area contributed by atoms with E-state index in [4.69, 9.17) is 21.1 Å². The molecular formula is C10H17ClN2O5. The van der Waals surface area contributed by atoms with Gasteiger partial charge in [-0.15, -0.1) is 12.4 Å². The van der Waals surface area contributed by atoms with Gasteiger partial charge in [-0.25, -0.2) is 4.79 Å². The van der Waals surface area contributed by atoms with E-state index < -0.39 is 12.1 Å². The van der Waals surface area contributed by atoms with Crippen molar-refractivity contribution in [2.75, 3.05) is 6.54 Å². The first kappa shape index (κ1) is 18.8. The fourth-order valence-electron chi connectivity index (χ4n) is 0.815. The van der Waals surface area contributed by atoms with Gasteiger partial charge in [-0.2, -0.15) is 0 Å². The molecule has 0 aromatic carbocycles. The fraction of sp³-hybridized carbons (Fsp3) is 0.400. The van der Waals surface area contributed by atoms with Crippen molar-refractivity contribution in [2.45, 2.75) is 13.0 Å². The number of hydrogen-bond donors (Lipinski definition) is 4. The molecule has 1 aromatic heterocycles. The maximum Gasteiger partial charge on any atom is 0.333 e. The van der Waals surface area contributed by atoms with Crippen molar-refractivity contribution in [3.8, 4) is 5.75 Å². The minimum atomic E-state index is -1.40. The van der Waals surface area contributed by atoms with Crippen molar-refractivity contribution in [3.05, 3.63) is 28.2 Å². The molecule has 5 N–H and O–H groups in total. The standard InChI is InChI=1S/C7H9NO2.C3H7NO3.ClH/c1-5-3-6(9)7(10)4-8(5)2;4-1-2(5)3(6)7;/h3-4,10H,1-2H3;2,5H,1,4H2,(H,6,7);1H. The Kier molecular flexibility index (Phi) is 8.88. The number of aliphatic hydroxyl groups excluding tert-OH is 1. The Morgan fingerprint density at radius 2 is 2.06 bits per heavy atom. The second kappa shape index (κ2) is 8.51. The summed E-state index contributed by atoms with van der Waals surface area (Å²) in [6.07, 6.45) is -0.00231. The molecule has 1 atom stereocenters. The van der Waals surface area contributed by atoms with E-state index in [2.05, 4.69) is 0 Å². The van der Waals surface area contributed by atoms with Crippen molar-refractivity contribution in [3.63, 3.8) is 0 Å². The van der Waals surface area contributed by atoms with E-state index in [-0.39, 0.29) is 30.1 Å². The number of nitrogens with two attached hydrogens (primary N) is 1. The molecule has 0 aliphatic rings. The van der Waals surface area contributed by atoms with Crippen LogP contribution in [0.1, 0.15) is 5.69 Å². The van der Waals surface area contributed by atoms with E-state index in [9.17, 15) is 9.59 Å². The zero-order valence-corrected chi connectivity index (χ0v) is 10.8. The summed E-state index contributed by atoms with van der Waals surface area (Å²) in [6.45, 7) is 1.58. The summed E-state index contributed by atoms with van der Waals surface area (Å²) in [4.78, 5) is 20.3. The highest BCUT2D eigenvalue weighted by atomic mass is 35.5. The van der Waals surface area contributed by atoms with Crippen molar-refractivity contribution in [1.82, 2.24) is 4.57 Å². The molecule has 7 nitrogen and oxygen atoms in total. The maximum absolute atomic E-state index is 10.7. The predicted octanol–water partition coefficient (Wildman–Crippen LogP) is -0.788. The second-order valence-electron chi connectivity index (χ2n) is 3.36. The lowest BCUT2D eigenvalue weighted by Crippen LogP contribution is -2.28. The lowest BCUT2D eigenvalue weighted by atomic mass is 10.3. The average molecular weight is 281 g/mol. The number of hydrogen-bond acceptors (Lipinski definition) is 5. The zero-order valence-electron chi connectivity index (χ0n) is 10.0. The van der Waals surface area contributed by atoms with Crippen molar-refractivity contribution in [1.29, 1.82) is 0 Å². The second-order valence-corrected chi connectivity index (χ2v) is 3.36. The van der Waals surface area contributed by atoms with Gasteiger partial charge in [0, 0.05) is 31.5 Å². The Morgan fingerprint density at radius 1 is 1.56 bits per heavy atom. The molecule has 0 saturated carbocycles. The van der Waals surface area contributed by atoms with Gasteiger partial charge in [0.25, 0.3) is 0 Å². The first-order chi connectivity index (χ1) is 7.79. The van der Waals surface area contributed by atoms with Gasteiger partial charge in [0.15, 0.2) is 11.9 Å². The summed E-state index contributed by atoms with van der Waals surface area (Å²) in [5, 5.41) is 25.0. The van der Waals surface area contributed by atoms with Gasteiger partial charge in [0.2, 0.25) is 5.43 Å². The van der Waals surface area contributed by atoms with Crippen LogP contribution in [0.2, 0.25) is 0 Å². The largest absolute Gasteiger partial charge is 0.503 e. The third-order valence-electron chi connectivity index (χ3n) is 1.97. The van der Waals surface area contributed by atoms with Crippen LogP contribution in [-0.4, -0.2) is 38.5 Å². The summed E-state index contributed by atoms with van der Waals surface area (Å²) >= 11 is 0. The molecular weight excluding hydrogens is 264 g/mol. The molecule has 0 bridgehead atoms. The van der Waals surface area contributed by atoms with Crippen LogP contribution in [-0.2, 0) is 11.8 Å². The number of aryl methyl sites for hydroxylation is 2. The van der Waals surface area contributed by atoms with Gasteiger partial charge >= 0.3 is 5.97 Å². The number of nitrogens with zero attached hydrogens (tertiary/aromatic N) is 1. The molecule has 0 spiro atoms. The number of carboxylic acids is 1. The van der Waals surface area contributed by atoms with Crippen LogP contribution in [0.3, 0.4) is 0 Å². The Morgan fingerprint density at radius 3 is 2.33 bits per heavy atom. The summed E-state index contributed by atoms with van der Waals surface area (Å²) in [5.41, 5.74) is 5.25. The van der Waals surface area contributed by atoms with Crippen LogP contribution >= 0.6 is 12.4 Å². The quantitative estimate of drug-likeness (QED) is 0.562. The topological polar surface area (TPSA) is 126 Å². The highest BCUT2D eigenvalue weighted by molar-refractivity contribution is 5.85. The van der Waals surface area contributed by atoms with Gasteiger partial charge in [0.1, 0.15) is 0 Å². The number of aliphatic hydroxyl groups is 1. The molecule has 1 heterocycles. The molecule has 0 fully saturated rings. The van der Waals surface area contributed by atoms with E-state index in [1.165, 1.54) is 12.3 Å². The van der Waals surface area contributed by atoms with Gasteiger partial charge in [0.05, 0.1) is 0 Å². The number of aromatic hydroxyl groups is 1. The first-order valence-electron chi connectivity index (χ1n) is 4.76. The fourth-order valence-corrected chi connectivity index (χ4v) is 0.815. The van der Waals surface area contributed by atoms with Crippen LogP contribution in [0, 0.1) is 6.92 Å². The highest BCUT2D eigenvalue weighted by Gasteiger charge is 2.07. The summed E-state index contributed by atoms with van der Waals surface area (Å²) in [7, 11) is 1.77. The Hall–Kier alpha value is -1.57. The van der Waals surface area contributed by atoms with Crippen molar-refractivity contribution >= 4 is 18.4 Å². The number of carboxylic acid groups (broad SMARTS) is 1. The molecule has 0 aliphatic carbocycles. The van der Waals surface area contributed by atoms with Crippen LogP contribution in [0.15, 0.2) is 17.1 Å². The van der Waals surface area contributed by atoms with Crippen LogP contribution in [0.5, 0.6) is 5.75 Å². The van der Waals surface area contributed by atoms with E-state index in [1.54, 1.807) is 18.5 Å². The Balaban J connectivity index is 0. The van der Waals surface area contributed by atoms with Gasteiger partial charge in [-0.05, 0) is 6.92 Å². The SMILES string of the molecule is Cc1cc(=O)c(O)cn1C.Cl.NCC(O)C(=O)O. The molecule has 1 aromatic rings. The van der Waals surface area contributed by atoms with E-state index in [0.717, 1.165) is 5.69 Å². The first-order valence-corrected chi connectivity index (χ1v) is 4.76. The minimum Gasteiger partial charge on any atom is -0.503 e. The molecule has 0 aliphatic heterocycles. The van der Waals surface area contributed by atoms with Gasteiger partial charge in [-0.3, -0.25) is 4.79 Å². The van der Waals surface area contributed by atoms with E-state index in [1.807, 2.05) is 0 Å². The monoisotopic (exact) mass is 280 g/mol. The maximum atomic E-state index is 10.7. The molecule has 0 amide bonds. The molecule has 104 valence electrons. The Bertz CT molecular complexity index is 446. The minimum absolute atomic E-state index is 0. The molecule has 0 radical (unpaired) electrons. The molecule has 1 rings (SSSR count). The summed E-state index contributed by atoms with van der Waals surface area (Å²) < 4.78 is 1.69. The van der Waals surface area contributed by atoms with E-state index in [0.29, 0.717) is 0 Å². The molecule has 8 heteroatoms. The van der Waals surface area contributed by atoms with Crippen LogP contribution < -0.4 is 11.2 Å². The normalized spacial score (nSPS) is 10.7. The number of aromatic nitrogens is 1. The zero-order chi connectivity index (χ0) is 13.6. The van der Waals surface area contributed by atoms with E-state index >= 15 is 0 Å². The lowest BCUT2D eigenvalue weighted by molar-refractivity contribution is -0.145. The molecule has 18 heavy (non-hydrogen) atoms. The third-order valence-corrected chi connectivity index (χ3v) is 1.97. The molecule has 0 saturated heterocycles. The van der Waals surface area contributed by atoms with Gasteiger partial charge < -0.3 is 25.6 Å². The van der Waals surface area contributed by atoms with Crippen molar-refractivity contribution in [2.24, 2.45) is 12.8 Å². The average Bonchev–Trinajstić information content (AvgIpc) is 2.26. The third kappa shape index (κ3) is 6.24. The predicted molar refractivity (Wildman–Crippen MR) is 68.0 cm³/mol. The number of rotatable bonds is 2. The van der Waals surface area contributed by atoms with Crippen LogP contribution in [0.4, 0.5) is 0 Å². The smallest absolute Gasteiger partial charge is 0.333 e. The van der Waals surface area contributed by atoms with Crippen molar-refractivity contribution < 1.29 is 20.1 Å². The summed E-state index contributed by atoms with van der Waals surface area (Å²) in [5.74, 6) is -1.48. The van der Waals surface area contributed by atoms with Gasteiger partial charge in [-0.1, -0.05) is 0 Å². The number of carbonyl (C=O) groups is 1. The number of aliphatic carboxylic acids is 1. The van der Waals surface area contributed by atoms with Crippen LogP contribution in [0.25, 0.3) is 0 Å².